The lowest BCUT2D eigenvalue weighted by atomic mass is 10.1. The van der Waals surface area contributed by atoms with Crippen molar-refractivity contribution in [3.63, 3.8) is 0 Å². The Morgan fingerprint density at radius 2 is 1.70 bits per heavy atom. The number of guanidine groups is 1. The molecule has 30 heavy (non-hydrogen) atoms. The second-order valence-electron chi connectivity index (χ2n) is 9.14. The predicted molar refractivity (Wildman–Crippen MR) is 124 cm³/mol. The number of amides is 1. The molecule has 2 saturated heterocycles. The van der Waals surface area contributed by atoms with Crippen LogP contribution in [0.2, 0.25) is 0 Å². The number of carbonyl (C=O) groups excluding carboxylic acids is 1. The minimum Gasteiger partial charge on any atom is -0.357 e. The van der Waals surface area contributed by atoms with Crippen molar-refractivity contribution in [1.82, 2.24) is 25.3 Å². The first-order valence-corrected chi connectivity index (χ1v) is 12.5. The van der Waals surface area contributed by atoms with Crippen LogP contribution in [0.5, 0.6) is 0 Å². The Morgan fingerprint density at radius 3 is 2.40 bits per heavy atom. The van der Waals surface area contributed by atoms with Gasteiger partial charge in [0.1, 0.15) is 0 Å². The molecule has 1 amide bonds. The molecular formula is C23H44N6O. The Morgan fingerprint density at radius 1 is 0.967 bits per heavy atom. The van der Waals surface area contributed by atoms with E-state index < -0.39 is 0 Å². The Labute approximate surface area is 183 Å². The molecule has 1 unspecified atom stereocenters. The molecule has 7 heteroatoms. The second-order valence-corrected chi connectivity index (χ2v) is 9.14. The molecule has 0 spiro atoms. The summed E-state index contributed by atoms with van der Waals surface area (Å²) in [6.07, 6.45) is 7.98. The molecule has 3 rings (SSSR count). The van der Waals surface area contributed by atoms with Crippen molar-refractivity contribution in [3.8, 4) is 0 Å². The largest absolute Gasteiger partial charge is 0.357 e. The summed E-state index contributed by atoms with van der Waals surface area (Å²) in [4.78, 5) is 24.7. The van der Waals surface area contributed by atoms with Gasteiger partial charge in [0, 0.05) is 64.3 Å². The smallest absolute Gasteiger partial charge is 0.225 e. The van der Waals surface area contributed by atoms with Crippen LogP contribution < -0.4 is 10.6 Å². The van der Waals surface area contributed by atoms with Crippen LogP contribution in [-0.4, -0.2) is 98.1 Å². The minimum absolute atomic E-state index is 0.288. The van der Waals surface area contributed by atoms with E-state index >= 15 is 0 Å². The molecule has 2 aliphatic heterocycles. The fourth-order valence-electron chi connectivity index (χ4n) is 4.99. The van der Waals surface area contributed by atoms with Crippen LogP contribution >= 0.6 is 0 Å². The predicted octanol–water partition coefficient (Wildman–Crippen LogP) is 1.75. The average Bonchev–Trinajstić information content (AvgIpc) is 3.46. The fraction of sp³-hybridized carbons (Fsp3) is 0.913. The van der Waals surface area contributed by atoms with Gasteiger partial charge in [0.25, 0.3) is 0 Å². The number of unbranched alkanes of at least 4 members (excludes halogenated alkanes) is 1. The summed E-state index contributed by atoms with van der Waals surface area (Å²) in [5.41, 5.74) is 0. The Bertz CT molecular complexity index is 540. The average molecular weight is 421 g/mol. The molecule has 0 bridgehead atoms. The summed E-state index contributed by atoms with van der Waals surface area (Å²) in [6, 6.07) is 0.322. The van der Waals surface area contributed by atoms with Gasteiger partial charge in [0.15, 0.2) is 5.96 Å². The van der Waals surface area contributed by atoms with Crippen LogP contribution in [0, 0.1) is 5.92 Å². The SMILES string of the molecule is CCNC(=NCCCCN1CCN(CC)CC1)NC1CCN(C(=O)C2CCCC2)C1. The van der Waals surface area contributed by atoms with E-state index in [1.165, 1.54) is 58.5 Å². The number of carbonyl (C=O) groups is 1. The number of hydrogen-bond acceptors (Lipinski definition) is 4. The summed E-state index contributed by atoms with van der Waals surface area (Å²) in [5.74, 6) is 1.59. The van der Waals surface area contributed by atoms with E-state index in [2.05, 4.69) is 39.2 Å². The number of nitrogens with one attached hydrogen (secondary N) is 2. The number of likely N-dealkylation sites (N-methyl/N-ethyl adjacent to an activating group) is 1. The third-order valence-corrected chi connectivity index (χ3v) is 6.95. The van der Waals surface area contributed by atoms with E-state index in [4.69, 9.17) is 4.99 Å². The lowest BCUT2D eigenvalue weighted by Gasteiger charge is -2.33. The Balaban J connectivity index is 1.33. The molecule has 7 nitrogen and oxygen atoms in total. The quantitative estimate of drug-likeness (QED) is 0.338. The lowest BCUT2D eigenvalue weighted by Crippen LogP contribution is -2.46. The normalized spacial score (nSPS) is 24.5. The van der Waals surface area contributed by atoms with Gasteiger partial charge in [-0.1, -0.05) is 19.8 Å². The highest BCUT2D eigenvalue weighted by Crippen LogP contribution is 2.27. The third kappa shape index (κ3) is 7.12. The highest BCUT2D eigenvalue weighted by Gasteiger charge is 2.32. The molecule has 0 aromatic heterocycles. The number of hydrogen-bond donors (Lipinski definition) is 2. The molecule has 1 aliphatic carbocycles. The number of aliphatic imine (C=N–C) groups is 1. The summed E-state index contributed by atoms with van der Waals surface area (Å²) in [7, 11) is 0. The van der Waals surface area contributed by atoms with Gasteiger partial charge in [-0.15, -0.1) is 0 Å². The molecule has 0 aromatic carbocycles. The zero-order valence-electron chi connectivity index (χ0n) is 19.4. The van der Waals surface area contributed by atoms with E-state index in [-0.39, 0.29) is 5.92 Å². The number of likely N-dealkylation sites (tertiary alicyclic amines) is 1. The van der Waals surface area contributed by atoms with Gasteiger partial charge in [0.05, 0.1) is 0 Å². The van der Waals surface area contributed by atoms with Gasteiger partial charge >= 0.3 is 0 Å². The van der Waals surface area contributed by atoms with Gasteiger partial charge in [-0.2, -0.15) is 0 Å². The zero-order valence-corrected chi connectivity index (χ0v) is 19.4. The van der Waals surface area contributed by atoms with E-state index in [9.17, 15) is 4.79 Å². The maximum atomic E-state index is 12.7. The first-order chi connectivity index (χ1) is 14.7. The number of piperazine rings is 1. The van der Waals surface area contributed by atoms with E-state index in [1.807, 2.05) is 0 Å². The standard InChI is InChI=1S/C23H44N6O/c1-3-24-23(25-12-7-8-13-28-17-15-27(4-2)16-18-28)26-21-11-14-29(19-21)22(30)20-9-5-6-10-20/h20-21H,3-19H2,1-2H3,(H2,24,25,26). The molecule has 1 atom stereocenters. The summed E-state index contributed by atoms with van der Waals surface area (Å²) in [5, 5.41) is 6.95. The molecule has 0 aromatic rings. The second kappa shape index (κ2) is 12.5. The Kier molecular flexibility index (Phi) is 9.72. The molecular weight excluding hydrogens is 376 g/mol. The first kappa shape index (κ1) is 23.3. The summed E-state index contributed by atoms with van der Waals surface area (Å²) >= 11 is 0. The van der Waals surface area contributed by atoms with Gasteiger partial charge in [-0.3, -0.25) is 9.79 Å². The Hall–Kier alpha value is -1.34. The van der Waals surface area contributed by atoms with Gasteiger partial charge in [-0.25, -0.2) is 0 Å². The first-order valence-electron chi connectivity index (χ1n) is 12.5. The van der Waals surface area contributed by atoms with Gasteiger partial charge < -0.3 is 25.3 Å². The molecule has 2 N–H and O–H groups in total. The van der Waals surface area contributed by atoms with Crippen molar-refractivity contribution in [3.05, 3.63) is 0 Å². The summed E-state index contributed by atoms with van der Waals surface area (Å²) < 4.78 is 0. The molecule has 1 saturated carbocycles. The molecule has 172 valence electrons. The van der Waals surface area contributed by atoms with Crippen LogP contribution in [0.3, 0.4) is 0 Å². The van der Waals surface area contributed by atoms with Crippen molar-refractivity contribution in [2.45, 2.75) is 64.8 Å². The van der Waals surface area contributed by atoms with Crippen LogP contribution in [0.15, 0.2) is 4.99 Å². The maximum Gasteiger partial charge on any atom is 0.225 e. The van der Waals surface area contributed by atoms with Crippen LogP contribution in [-0.2, 0) is 4.79 Å². The summed E-state index contributed by atoms with van der Waals surface area (Å²) in [6.45, 7) is 15.0. The van der Waals surface area contributed by atoms with Gasteiger partial charge in [-0.05, 0) is 52.1 Å². The van der Waals surface area contributed by atoms with Crippen molar-refractivity contribution in [1.29, 1.82) is 0 Å². The zero-order chi connectivity index (χ0) is 21.2. The molecule has 0 radical (unpaired) electrons. The highest BCUT2D eigenvalue weighted by atomic mass is 16.2. The van der Waals surface area contributed by atoms with Crippen molar-refractivity contribution < 1.29 is 4.79 Å². The number of rotatable bonds is 9. The molecule has 2 heterocycles. The van der Waals surface area contributed by atoms with Crippen LogP contribution in [0.25, 0.3) is 0 Å². The van der Waals surface area contributed by atoms with Crippen molar-refractivity contribution >= 4 is 11.9 Å². The highest BCUT2D eigenvalue weighted by molar-refractivity contribution is 5.81. The van der Waals surface area contributed by atoms with E-state index in [0.717, 1.165) is 57.8 Å². The van der Waals surface area contributed by atoms with E-state index in [1.54, 1.807) is 0 Å². The maximum absolute atomic E-state index is 12.7. The van der Waals surface area contributed by atoms with Crippen LogP contribution in [0.4, 0.5) is 0 Å². The molecule has 3 fully saturated rings. The molecule has 3 aliphatic rings. The van der Waals surface area contributed by atoms with E-state index in [0.29, 0.717) is 11.9 Å². The van der Waals surface area contributed by atoms with Gasteiger partial charge in [0.2, 0.25) is 5.91 Å². The van der Waals surface area contributed by atoms with Crippen molar-refractivity contribution in [2.24, 2.45) is 10.9 Å². The van der Waals surface area contributed by atoms with Crippen LogP contribution in [0.1, 0.15) is 58.8 Å². The van der Waals surface area contributed by atoms with Crippen molar-refractivity contribution in [2.75, 3.05) is 65.4 Å². The topological polar surface area (TPSA) is 63.2 Å². The lowest BCUT2D eigenvalue weighted by molar-refractivity contribution is -0.134. The number of nitrogens with zero attached hydrogens (tertiary/aromatic N) is 4. The minimum atomic E-state index is 0.288. The monoisotopic (exact) mass is 420 g/mol. The fourth-order valence-corrected chi connectivity index (χ4v) is 4.99. The third-order valence-electron chi connectivity index (χ3n) is 6.95.